The molecular formula is C12H13F2N3O2. The third-order valence-electron chi connectivity index (χ3n) is 3.84. The molecule has 7 heteroatoms. The van der Waals surface area contributed by atoms with Crippen molar-refractivity contribution < 1.29 is 18.3 Å². The number of alkyl halides is 2. The summed E-state index contributed by atoms with van der Waals surface area (Å²) in [5.74, 6) is -3.64. The zero-order valence-corrected chi connectivity index (χ0v) is 10.6. The SMILES string of the molecule is COC(=O)c1ncc(N2CC3C(C2)C3(F)F)nc1C. The van der Waals surface area contributed by atoms with Crippen molar-refractivity contribution in [2.75, 3.05) is 25.1 Å². The average molecular weight is 269 g/mol. The number of rotatable bonds is 2. The van der Waals surface area contributed by atoms with Crippen molar-refractivity contribution in [2.24, 2.45) is 11.8 Å². The summed E-state index contributed by atoms with van der Waals surface area (Å²) in [5, 5.41) is 0. The second-order valence-electron chi connectivity index (χ2n) is 4.95. The average Bonchev–Trinajstić information content (AvgIpc) is 2.79. The van der Waals surface area contributed by atoms with Gasteiger partial charge in [0.15, 0.2) is 5.69 Å². The van der Waals surface area contributed by atoms with Crippen LogP contribution in [0.1, 0.15) is 16.2 Å². The van der Waals surface area contributed by atoms with Crippen molar-refractivity contribution in [2.45, 2.75) is 12.8 Å². The highest BCUT2D eigenvalue weighted by atomic mass is 19.3. The minimum atomic E-state index is -2.51. The molecule has 5 nitrogen and oxygen atoms in total. The Labute approximate surface area is 108 Å². The Hall–Kier alpha value is -1.79. The minimum Gasteiger partial charge on any atom is -0.464 e. The largest absolute Gasteiger partial charge is 0.464 e. The van der Waals surface area contributed by atoms with Gasteiger partial charge in [0.25, 0.3) is 5.92 Å². The van der Waals surface area contributed by atoms with E-state index in [9.17, 15) is 13.6 Å². The van der Waals surface area contributed by atoms with Gasteiger partial charge >= 0.3 is 5.97 Å². The molecule has 0 N–H and O–H groups in total. The fourth-order valence-corrected chi connectivity index (χ4v) is 2.61. The molecule has 2 unspecified atom stereocenters. The van der Waals surface area contributed by atoms with E-state index in [1.54, 1.807) is 11.8 Å². The first-order valence-corrected chi connectivity index (χ1v) is 6.00. The smallest absolute Gasteiger partial charge is 0.358 e. The molecule has 1 aliphatic carbocycles. The third-order valence-corrected chi connectivity index (χ3v) is 3.84. The molecule has 3 rings (SSSR count). The van der Waals surface area contributed by atoms with Gasteiger partial charge in [-0.15, -0.1) is 0 Å². The van der Waals surface area contributed by atoms with Crippen molar-refractivity contribution in [3.05, 3.63) is 17.6 Å². The standard InChI is InChI=1S/C12H13F2N3O2/c1-6-10(11(18)19-2)15-3-9(16-6)17-4-7-8(5-17)12(7,13)14/h3,7-8H,4-5H2,1-2H3. The normalized spacial score (nSPS) is 27.1. The summed E-state index contributed by atoms with van der Waals surface area (Å²) in [7, 11) is 1.27. The predicted octanol–water partition coefficient (Wildman–Crippen LogP) is 1.27. The van der Waals surface area contributed by atoms with Gasteiger partial charge < -0.3 is 9.64 Å². The maximum atomic E-state index is 13.1. The van der Waals surface area contributed by atoms with E-state index in [1.807, 2.05) is 0 Å². The maximum Gasteiger partial charge on any atom is 0.358 e. The molecule has 19 heavy (non-hydrogen) atoms. The number of piperidine rings is 1. The Morgan fingerprint density at radius 1 is 1.47 bits per heavy atom. The van der Waals surface area contributed by atoms with Crippen molar-refractivity contribution in [1.82, 2.24) is 9.97 Å². The molecule has 0 bridgehead atoms. The fraction of sp³-hybridized carbons (Fsp3) is 0.583. The van der Waals surface area contributed by atoms with E-state index in [-0.39, 0.29) is 5.69 Å². The number of hydrogen-bond acceptors (Lipinski definition) is 5. The minimum absolute atomic E-state index is 0.154. The number of ether oxygens (including phenoxy) is 1. The number of carbonyl (C=O) groups excluding carboxylic acids is 1. The Kier molecular flexibility index (Phi) is 2.48. The van der Waals surface area contributed by atoms with Crippen molar-refractivity contribution in [1.29, 1.82) is 0 Å². The van der Waals surface area contributed by atoms with Crippen LogP contribution in [-0.2, 0) is 4.74 Å². The van der Waals surface area contributed by atoms with E-state index in [1.165, 1.54) is 13.3 Å². The summed E-state index contributed by atoms with van der Waals surface area (Å²) in [6.07, 6.45) is 1.43. The van der Waals surface area contributed by atoms with Crippen LogP contribution in [-0.4, -0.2) is 42.1 Å². The highest BCUT2D eigenvalue weighted by molar-refractivity contribution is 5.88. The summed E-state index contributed by atoms with van der Waals surface area (Å²) < 4.78 is 30.8. The van der Waals surface area contributed by atoms with Gasteiger partial charge in [0.2, 0.25) is 0 Å². The lowest BCUT2D eigenvalue weighted by atomic mass is 10.3. The van der Waals surface area contributed by atoms with E-state index in [2.05, 4.69) is 14.7 Å². The van der Waals surface area contributed by atoms with Crippen LogP contribution in [0.3, 0.4) is 0 Å². The third kappa shape index (κ3) is 1.75. The molecule has 1 aliphatic heterocycles. The predicted molar refractivity (Wildman–Crippen MR) is 62.2 cm³/mol. The number of aromatic nitrogens is 2. The van der Waals surface area contributed by atoms with Crippen LogP contribution in [0.25, 0.3) is 0 Å². The molecule has 1 saturated heterocycles. The molecule has 2 aliphatic rings. The van der Waals surface area contributed by atoms with Crippen LogP contribution in [0.5, 0.6) is 0 Å². The lowest BCUT2D eigenvalue weighted by molar-refractivity contribution is 0.0592. The number of fused-ring (bicyclic) bond motifs is 1. The molecule has 0 spiro atoms. The highest BCUT2D eigenvalue weighted by Gasteiger charge is 2.71. The Morgan fingerprint density at radius 3 is 2.63 bits per heavy atom. The number of aryl methyl sites for hydroxylation is 1. The number of halogens is 2. The second-order valence-corrected chi connectivity index (χ2v) is 4.95. The lowest BCUT2D eigenvalue weighted by Crippen LogP contribution is -2.28. The van der Waals surface area contributed by atoms with Crippen LogP contribution in [0.2, 0.25) is 0 Å². The lowest BCUT2D eigenvalue weighted by Gasteiger charge is -2.21. The number of hydrogen-bond donors (Lipinski definition) is 0. The van der Waals surface area contributed by atoms with Crippen molar-refractivity contribution in [3.8, 4) is 0 Å². The highest BCUT2D eigenvalue weighted by Crippen LogP contribution is 2.59. The van der Waals surface area contributed by atoms with E-state index < -0.39 is 23.7 Å². The van der Waals surface area contributed by atoms with Gasteiger partial charge in [-0.3, -0.25) is 0 Å². The van der Waals surface area contributed by atoms with Crippen LogP contribution in [0, 0.1) is 18.8 Å². The van der Waals surface area contributed by atoms with Gasteiger partial charge in [-0.1, -0.05) is 0 Å². The van der Waals surface area contributed by atoms with Crippen LogP contribution in [0.4, 0.5) is 14.6 Å². The molecule has 0 aromatic carbocycles. The first kappa shape index (κ1) is 12.3. The van der Waals surface area contributed by atoms with Gasteiger partial charge in [0, 0.05) is 13.1 Å². The number of carbonyl (C=O) groups is 1. The van der Waals surface area contributed by atoms with Gasteiger partial charge in [0.1, 0.15) is 5.82 Å². The number of methoxy groups -OCH3 is 1. The molecule has 0 amide bonds. The van der Waals surface area contributed by atoms with Gasteiger partial charge in [-0.05, 0) is 6.92 Å². The van der Waals surface area contributed by atoms with Crippen LogP contribution < -0.4 is 4.90 Å². The zero-order valence-electron chi connectivity index (χ0n) is 10.6. The number of nitrogens with zero attached hydrogens (tertiary/aromatic N) is 3. The van der Waals surface area contributed by atoms with Gasteiger partial charge in [0.05, 0.1) is 30.8 Å². The van der Waals surface area contributed by atoms with Crippen molar-refractivity contribution in [3.63, 3.8) is 0 Å². The zero-order chi connectivity index (χ0) is 13.8. The quantitative estimate of drug-likeness (QED) is 0.757. The molecular weight excluding hydrogens is 256 g/mol. The summed E-state index contributed by atoms with van der Waals surface area (Å²) >= 11 is 0. The molecule has 2 atom stereocenters. The molecule has 2 fully saturated rings. The van der Waals surface area contributed by atoms with Crippen LogP contribution in [0.15, 0.2) is 6.20 Å². The van der Waals surface area contributed by atoms with E-state index in [0.717, 1.165) is 0 Å². The van der Waals surface area contributed by atoms with E-state index in [4.69, 9.17) is 0 Å². The first-order valence-electron chi connectivity index (χ1n) is 6.00. The summed E-state index contributed by atoms with van der Waals surface area (Å²) in [5.41, 5.74) is 0.595. The van der Waals surface area contributed by atoms with Gasteiger partial charge in [-0.25, -0.2) is 23.5 Å². The monoisotopic (exact) mass is 269 g/mol. The van der Waals surface area contributed by atoms with Crippen LogP contribution >= 0.6 is 0 Å². The Morgan fingerprint density at radius 2 is 2.11 bits per heavy atom. The fourth-order valence-electron chi connectivity index (χ4n) is 2.61. The molecule has 1 aromatic heterocycles. The topological polar surface area (TPSA) is 55.3 Å². The summed E-state index contributed by atoms with van der Waals surface area (Å²) in [6, 6.07) is 0. The van der Waals surface area contributed by atoms with Crippen molar-refractivity contribution >= 4 is 11.8 Å². The number of anilines is 1. The molecule has 1 saturated carbocycles. The molecule has 102 valence electrons. The molecule has 2 heterocycles. The molecule has 1 aromatic rings. The summed E-state index contributed by atoms with van der Waals surface area (Å²) in [4.78, 5) is 21.4. The van der Waals surface area contributed by atoms with Gasteiger partial charge in [-0.2, -0.15) is 0 Å². The van der Waals surface area contributed by atoms with E-state index in [0.29, 0.717) is 24.6 Å². The molecule has 0 radical (unpaired) electrons. The summed E-state index contributed by atoms with van der Waals surface area (Å²) in [6.45, 7) is 2.24. The Balaban J connectivity index is 1.77. The Bertz CT molecular complexity index is 536. The maximum absolute atomic E-state index is 13.1. The number of esters is 1. The van der Waals surface area contributed by atoms with E-state index >= 15 is 0 Å². The first-order chi connectivity index (χ1) is 8.95. The second kappa shape index (κ2) is 3.85.